The van der Waals surface area contributed by atoms with Gasteiger partial charge < -0.3 is 10.2 Å². The van der Waals surface area contributed by atoms with Crippen molar-refractivity contribution in [3.05, 3.63) is 113 Å². The van der Waals surface area contributed by atoms with Crippen LogP contribution in [0.3, 0.4) is 0 Å². The van der Waals surface area contributed by atoms with E-state index < -0.39 is 29.5 Å². The first-order valence-electron chi connectivity index (χ1n) is 12.3. The van der Waals surface area contributed by atoms with E-state index in [1.807, 2.05) is 37.3 Å². The first-order valence-corrected chi connectivity index (χ1v) is 12.3. The van der Waals surface area contributed by atoms with Crippen molar-refractivity contribution in [1.29, 1.82) is 0 Å². The molecular formula is C29H23F4N5O2. The van der Waals surface area contributed by atoms with Crippen molar-refractivity contribution in [3.8, 4) is 11.3 Å². The third-order valence-corrected chi connectivity index (χ3v) is 6.38. The lowest BCUT2D eigenvalue weighted by Gasteiger charge is -2.16. The Bertz CT molecular complexity index is 1570. The fourth-order valence-electron chi connectivity index (χ4n) is 4.26. The summed E-state index contributed by atoms with van der Waals surface area (Å²) in [6, 6.07) is 13.7. The molecule has 1 amide bonds. The van der Waals surface area contributed by atoms with Crippen molar-refractivity contribution >= 4 is 11.6 Å². The number of benzene rings is 1. The molecule has 1 aliphatic rings. The number of hydrogen-bond acceptors (Lipinski definition) is 6. The predicted octanol–water partition coefficient (Wildman–Crippen LogP) is 6.36. The second-order valence-corrected chi connectivity index (χ2v) is 9.39. The molecule has 1 N–H and O–H groups in total. The van der Waals surface area contributed by atoms with Gasteiger partial charge >= 0.3 is 6.18 Å². The number of aromatic nitrogens is 3. The molecule has 5 rings (SSSR count). The van der Waals surface area contributed by atoms with Crippen LogP contribution in [0.2, 0.25) is 0 Å². The molecule has 1 aliphatic heterocycles. The SMILES string of the molecule is Cc1ccc(-c2cc(C(=O)N[C@H](C)c3ncc(C(F)(F)F)cc3F)cc(C3=NOC(c4ccccn4)C3)c2)nc1. The molecule has 1 aromatic carbocycles. The number of nitrogens with one attached hydrogen (secondary N) is 1. The highest BCUT2D eigenvalue weighted by Gasteiger charge is 2.32. The van der Waals surface area contributed by atoms with Crippen LogP contribution >= 0.6 is 0 Å². The quantitative estimate of drug-likeness (QED) is 0.283. The third-order valence-electron chi connectivity index (χ3n) is 6.38. The minimum atomic E-state index is -4.73. The van der Waals surface area contributed by atoms with Crippen LogP contribution in [0.1, 0.15) is 63.9 Å². The van der Waals surface area contributed by atoms with E-state index in [0.717, 1.165) is 11.3 Å². The number of oxime groups is 1. The van der Waals surface area contributed by atoms with E-state index in [2.05, 4.69) is 25.4 Å². The van der Waals surface area contributed by atoms with Crippen molar-refractivity contribution in [2.24, 2.45) is 5.16 Å². The van der Waals surface area contributed by atoms with E-state index in [1.54, 1.807) is 30.6 Å². The largest absolute Gasteiger partial charge is 0.417 e. The van der Waals surface area contributed by atoms with Gasteiger partial charge in [-0.2, -0.15) is 13.2 Å². The lowest BCUT2D eigenvalue weighted by Crippen LogP contribution is -2.28. The normalized spacial score (nSPS) is 15.8. The molecule has 4 aromatic rings. The molecule has 7 nitrogen and oxygen atoms in total. The maximum absolute atomic E-state index is 14.5. The fourth-order valence-corrected chi connectivity index (χ4v) is 4.26. The van der Waals surface area contributed by atoms with E-state index in [0.29, 0.717) is 41.2 Å². The smallest absolute Gasteiger partial charge is 0.385 e. The average molecular weight is 550 g/mol. The highest BCUT2D eigenvalue weighted by molar-refractivity contribution is 6.05. The van der Waals surface area contributed by atoms with Crippen LogP contribution in [0, 0.1) is 12.7 Å². The van der Waals surface area contributed by atoms with Crippen LogP contribution in [-0.4, -0.2) is 26.6 Å². The lowest BCUT2D eigenvalue weighted by molar-refractivity contribution is -0.138. The fraction of sp³-hybridized carbons (Fsp3) is 0.207. The Morgan fingerprint density at radius 2 is 1.82 bits per heavy atom. The van der Waals surface area contributed by atoms with Crippen LogP contribution in [0.15, 0.2) is 78.3 Å². The van der Waals surface area contributed by atoms with E-state index in [1.165, 1.54) is 6.92 Å². The number of rotatable bonds is 6. The highest BCUT2D eigenvalue weighted by atomic mass is 19.4. The van der Waals surface area contributed by atoms with Crippen molar-refractivity contribution in [1.82, 2.24) is 20.3 Å². The molecule has 1 unspecified atom stereocenters. The van der Waals surface area contributed by atoms with Gasteiger partial charge in [-0.1, -0.05) is 17.3 Å². The number of pyridine rings is 3. The molecule has 4 heterocycles. The first-order chi connectivity index (χ1) is 19.1. The summed E-state index contributed by atoms with van der Waals surface area (Å²) in [6.45, 7) is 3.35. The van der Waals surface area contributed by atoms with Gasteiger partial charge in [-0.3, -0.25) is 19.7 Å². The number of carbonyl (C=O) groups is 1. The molecule has 0 radical (unpaired) electrons. The second-order valence-electron chi connectivity index (χ2n) is 9.39. The third kappa shape index (κ3) is 5.83. The van der Waals surface area contributed by atoms with Gasteiger partial charge in [-0.05, 0) is 61.9 Å². The maximum Gasteiger partial charge on any atom is 0.417 e. The number of carbonyl (C=O) groups excluding carboxylic acids is 1. The van der Waals surface area contributed by atoms with Gasteiger partial charge in [0.25, 0.3) is 5.91 Å². The molecule has 0 saturated carbocycles. The Balaban J connectivity index is 1.44. The minimum Gasteiger partial charge on any atom is -0.385 e. The summed E-state index contributed by atoms with van der Waals surface area (Å²) < 4.78 is 53.2. The number of halogens is 4. The molecule has 2 atom stereocenters. The number of nitrogens with zero attached hydrogens (tertiary/aromatic N) is 4. The summed E-state index contributed by atoms with van der Waals surface area (Å²) in [5.41, 5.74) is 2.85. The molecule has 0 saturated heterocycles. The van der Waals surface area contributed by atoms with E-state index in [9.17, 15) is 22.4 Å². The molecule has 0 bridgehead atoms. The summed E-state index contributed by atoms with van der Waals surface area (Å²) in [4.78, 5) is 31.3. The molecule has 0 aliphatic carbocycles. The van der Waals surface area contributed by atoms with Crippen LogP contribution in [-0.2, 0) is 11.0 Å². The first kappa shape index (κ1) is 26.9. The van der Waals surface area contributed by atoms with Gasteiger partial charge in [0.2, 0.25) is 0 Å². The highest BCUT2D eigenvalue weighted by Crippen LogP contribution is 2.32. The molecule has 40 heavy (non-hydrogen) atoms. The zero-order valence-corrected chi connectivity index (χ0v) is 21.4. The zero-order chi connectivity index (χ0) is 28.4. The van der Waals surface area contributed by atoms with Crippen LogP contribution in [0.4, 0.5) is 17.6 Å². The van der Waals surface area contributed by atoms with Crippen molar-refractivity contribution < 1.29 is 27.2 Å². The van der Waals surface area contributed by atoms with Crippen LogP contribution in [0.5, 0.6) is 0 Å². The van der Waals surface area contributed by atoms with Gasteiger partial charge in [-0.25, -0.2) is 4.39 Å². The number of hydrogen-bond donors (Lipinski definition) is 1. The standard InChI is InChI=1S/C29H23F4N5O2/c1-16-6-7-23(35-14-16)18-9-19(25-13-26(40-38-25)24-5-3-4-8-34-24)11-20(10-18)28(39)37-17(2)27-22(30)12-21(15-36-27)29(31,32)33/h3-12,14-15,17,26H,13H2,1-2H3,(H,37,39)/t17-,26?/m1/s1. The Labute approximate surface area is 227 Å². The Kier molecular flexibility index (Phi) is 7.29. The van der Waals surface area contributed by atoms with Gasteiger partial charge in [-0.15, -0.1) is 0 Å². The molecule has 3 aromatic heterocycles. The lowest BCUT2D eigenvalue weighted by atomic mass is 9.96. The Morgan fingerprint density at radius 3 is 2.50 bits per heavy atom. The van der Waals surface area contributed by atoms with Crippen LogP contribution in [0.25, 0.3) is 11.3 Å². The summed E-state index contributed by atoms with van der Waals surface area (Å²) in [5.74, 6) is -1.75. The van der Waals surface area contributed by atoms with E-state index >= 15 is 0 Å². The van der Waals surface area contributed by atoms with E-state index in [4.69, 9.17) is 4.84 Å². The maximum atomic E-state index is 14.5. The Morgan fingerprint density at radius 1 is 1.02 bits per heavy atom. The number of alkyl halides is 3. The van der Waals surface area contributed by atoms with E-state index in [-0.39, 0.29) is 17.4 Å². The molecule has 11 heteroatoms. The minimum absolute atomic E-state index is 0.220. The van der Waals surface area contributed by atoms with Crippen molar-refractivity contribution in [2.45, 2.75) is 38.6 Å². The van der Waals surface area contributed by atoms with Gasteiger partial charge in [0, 0.05) is 41.7 Å². The topological polar surface area (TPSA) is 89.4 Å². The predicted molar refractivity (Wildman–Crippen MR) is 139 cm³/mol. The number of aryl methyl sites for hydroxylation is 1. The zero-order valence-electron chi connectivity index (χ0n) is 21.4. The molecular weight excluding hydrogens is 526 g/mol. The summed E-state index contributed by atoms with van der Waals surface area (Å²) in [5, 5.41) is 6.86. The van der Waals surface area contributed by atoms with Gasteiger partial charge in [0.15, 0.2) is 6.10 Å². The molecule has 0 fully saturated rings. The molecule has 0 spiro atoms. The number of amides is 1. The van der Waals surface area contributed by atoms with Crippen molar-refractivity contribution in [3.63, 3.8) is 0 Å². The van der Waals surface area contributed by atoms with Gasteiger partial charge in [0.1, 0.15) is 5.82 Å². The summed E-state index contributed by atoms with van der Waals surface area (Å²) in [6.07, 6.45) is -0.793. The summed E-state index contributed by atoms with van der Waals surface area (Å²) >= 11 is 0. The van der Waals surface area contributed by atoms with Crippen LogP contribution < -0.4 is 5.32 Å². The summed E-state index contributed by atoms with van der Waals surface area (Å²) in [7, 11) is 0. The average Bonchev–Trinajstić information content (AvgIpc) is 3.44. The monoisotopic (exact) mass is 549 g/mol. The van der Waals surface area contributed by atoms with Gasteiger partial charge in [0.05, 0.1) is 34.4 Å². The second kappa shape index (κ2) is 10.8. The Hall–Kier alpha value is -4.67. The molecule has 204 valence electrons. The van der Waals surface area contributed by atoms with Crippen molar-refractivity contribution in [2.75, 3.05) is 0 Å².